The molecule has 0 aliphatic heterocycles. The quantitative estimate of drug-likeness (QED) is 0.622. The number of alkyl halides is 3. The van der Waals surface area contributed by atoms with Gasteiger partial charge in [-0.1, -0.05) is 35.9 Å². The number of nitrogens with one attached hydrogen (secondary N) is 1. The molecule has 0 radical (unpaired) electrons. The monoisotopic (exact) mass is 437 g/mol. The van der Waals surface area contributed by atoms with Gasteiger partial charge in [0, 0.05) is 17.4 Å². The van der Waals surface area contributed by atoms with E-state index in [1.54, 1.807) is 24.3 Å². The van der Waals surface area contributed by atoms with Crippen molar-refractivity contribution in [2.75, 3.05) is 5.32 Å². The zero-order valence-corrected chi connectivity index (χ0v) is 16.1. The van der Waals surface area contributed by atoms with Crippen molar-refractivity contribution in [1.82, 2.24) is 9.13 Å². The number of rotatable bonds is 5. The van der Waals surface area contributed by atoms with Gasteiger partial charge in [0.05, 0.1) is 17.8 Å². The Balaban J connectivity index is 1.77. The second-order valence-corrected chi connectivity index (χ2v) is 6.82. The topological polar surface area (TPSA) is 73.1 Å². The normalized spacial score (nSPS) is 11.3. The number of carbonyl (C=O) groups is 1. The van der Waals surface area contributed by atoms with Crippen LogP contribution in [0.15, 0.2) is 70.5 Å². The first kappa shape index (κ1) is 21.4. The van der Waals surface area contributed by atoms with Gasteiger partial charge in [0.25, 0.3) is 0 Å². The minimum Gasteiger partial charge on any atom is -0.324 e. The molecule has 1 heterocycles. The van der Waals surface area contributed by atoms with E-state index in [1.807, 2.05) is 0 Å². The van der Waals surface area contributed by atoms with Gasteiger partial charge in [0.15, 0.2) is 0 Å². The number of halogens is 4. The predicted octanol–water partition coefficient (Wildman–Crippen LogP) is 3.37. The van der Waals surface area contributed by atoms with Crippen molar-refractivity contribution in [2.45, 2.75) is 19.3 Å². The summed E-state index contributed by atoms with van der Waals surface area (Å²) in [4.78, 5) is 36.8. The van der Waals surface area contributed by atoms with E-state index in [4.69, 9.17) is 11.6 Å². The van der Waals surface area contributed by atoms with Crippen molar-refractivity contribution in [3.63, 3.8) is 0 Å². The molecular formula is C20H15ClF3N3O3. The van der Waals surface area contributed by atoms with E-state index < -0.39 is 41.0 Å². The molecule has 0 atom stereocenters. The van der Waals surface area contributed by atoms with Crippen LogP contribution >= 0.6 is 11.6 Å². The second kappa shape index (κ2) is 8.58. The Hall–Kier alpha value is -3.33. The zero-order chi connectivity index (χ0) is 21.9. The lowest BCUT2D eigenvalue weighted by atomic mass is 10.1. The summed E-state index contributed by atoms with van der Waals surface area (Å²) in [5, 5.41) is 2.66. The van der Waals surface area contributed by atoms with E-state index in [9.17, 15) is 27.6 Å². The SMILES string of the molecule is O=C(Cn1ccn(Cc2ccc(Cl)cc2)c(=O)c1=O)Nc1ccccc1C(F)(F)F. The fourth-order valence-electron chi connectivity index (χ4n) is 2.76. The predicted molar refractivity (Wildman–Crippen MR) is 106 cm³/mol. The molecule has 0 fully saturated rings. The molecule has 1 N–H and O–H groups in total. The fourth-order valence-corrected chi connectivity index (χ4v) is 2.89. The Bertz CT molecular complexity index is 1180. The van der Waals surface area contributed by atoms with Crippen molar-refractivity contribution < 1.29 is 18.0 Å². The largest absolute Gasteiger partial charge is 0.418 e. The van der Waals surface area contributed by atoms with Gasteiger partial charge in [-0.3, -0.25) is 19.0 Å². The average Bonchev–Trinajstić information content (AvgIpc) is 2.69. The average molecular weight is 438 g/mol. The summed E-state index contributed by atoms with van der Waals surface area (Å²) in [6.45, 7) is -0.487. The summed E-state index contributed by atoms with van der Waals surface area (Å²) in [6, 6.07) is 11.2. The number of para-hydroxylation sites is 1. The van der Waals surface area contributed by atoms with E-state index >= 15 is 0 Å². The van der Waals surface area contributed by atoms with Crippen LogP contribution in [0.25, 0.3) is 0 Å². The van der Waals surface area contributed by atoms with Gasteiger partial charge in [-0.15, -0.1) is 0 Å². The third-order valence-corrected chi connectivity index (χ3v) is 4.47. The minimum absolute atomic E-state index is 0.122. The Morgan fingerprint density at radius 1 is 0.933 bits per heavy atom. The van der Waals surface area contributed by atoms with E-state index in [0.29, 0.717) is 5.02 Å². The Labute approximate surface area is 173 Å². The Morgan fingerprint density at radius 3 is 2.20 bits per heavy atom. The summed E-state index contributed by atoms with van der Waals surface area (Å²) in [6.07, 6.45) is -2.09. The van der Waals surface area contributed by atoms with Crippen molar-refractivity contribution in [1.29, 1.82) is 0 Å². The van der Waals surface area contributed by atoms with E-state index in [2.05, 4.69) is 5.32 Å². The number of anilines is 1. The first-order valence-corrected chi connectivity index (χ1v) is 9.03. The number of hydrogen-bond acceptors (Lipinski definition) is 3. The van der Waals surface area contributed by atoms with Crippen molar-refractivity contribution in [2.24, 2.45) is 0 Å². The molecule has 0 spiro atoms. The molecule has 0 saturated heterocycles. The molecule has 1 amide bonds. The highest BCUT2D eigenvalue weighted by molar-refractivity contribution is 6.30. The maximum Gasteiger partial charge on any atom is 0.418 e. The van der Waals surface area contributed by atoms with Crippen LogP contribution in [-0.4, -0.2) is 15.0 Å². The number of hydrogen-bond donors (Lipinski definition) is 1. The molecule has 0 bridgehead atoms. The van der Waals surface area contributed by atoms with Crippen molar-refractivity contribution in [3.05, 3.63) is 97.8 Å². The number of amides is 1. The van der Waals surface area contributed by atoms with Gasteiger partial charge < -0.3 is 9.88 Å². The van der Waals surface area contributed by atoms with Gasteiger partial charge in [-0.25, -0.2) is 0 Å². The summed E-state index contributed by atoms with van der Waals surface area (Å²) in [7, 11) is 0. The van der Waals surface area contributed by atoms with Crippen LogP contribution in [0.3, 0.4) is 0 Å². The standard InChI is InChI=1S/C20H15ClF3N3O3/c21-14-7-5-13(6-8-14)11-26-9-10-27(19(30)18(26)29)12-17(28)25-16-4-2-1-3-15(16)20(22,23)24/h1-10H,11-12H2,(H,25,28). The lowest BCUT2D eigenvalue weighted by molar-refractivity contribution is -0.137. The van der Waals surface area contributed by atoms with Gasteiger partial charge in [0.2, 0.25) is 5.91 Å². The molecule has 156 valence electrons. The second-order valence-electron chi connectivity index (χ2n) is 6.38. The Morgan fingerprint density at radius 2 is 1.53 bits per heavy atom. The highest BCUT2D eigenvalue weighted by Gasteiger charge is 2.33. The minimum atomic E-state index is -4.65. The van der Waals surface area contributed by atoms with E-state index in [1.165, 1.54) is 29.1 Å². The lowest BCUT2D eigenvalue weighted by Gasteiger charge is -2.14. The lowest BCUT2D eigenvalue weighted by Crippen LogP contribution is -2.42. The molecular weight excluding hydrogens is 423 g/mol. The van der Waals surface area contributed by atoms with Gasteiger partial charge in [0.1, 0.15) is 6.54 Å². The molecule has 10 heteroatoms. The first-order valence-electron chi connectivity index (χ1n) is 8.65. The number of nitrogens with zero attached hydrogens (tertiary/aromatic N) is 2. The van der Waals surface area contributed by atoms with Crippen LogP contribution < -0.4 is 16.4 Å². The van der Waals surface area contributed by atoms with E-state index in [0.717, 1.165) is 22.3 Å². The fraction of sp³-hybridized carbons (Fsp3) is 0.150. The smallest absolute Gasteiger partial charge is 0.324 e. The molecule has 1 aromatic heterocycles. The first-order chi connectivity index (χ1) is 14.1. The molecule has 3 rings (SSSR count). The number of benzene rings is 2. The van der Waals surface area contributed by atoms with Gasteiger partial charge in [-0.2, -0.15) is 13.2 Å². The molecule has 0 aliphatic rings. The van der Waals surface area contributed by atoms with Crippen molar-refractivity contribution >= 4 is 23.2 Å². The van der Waals surface area contributed by atoms with Gasteiger partial charge in [-0.05, 0) is 29.8 Å². The van der Waals surface area contributed by atoms with Crippen LogP contribution in [0.2, 0.25) is 5.02 Å². The number of aromatic nitrogens is 2. The Kier molecular flexibility index (Phi) is 6.12. The zero-order valence-electron chi connectivity index (χ0n) is 15.3. The molecule has 6 nitrogen and oxygen atoms in total. The van der Waals surface area contributed by atoms with Crippen LogP contribution in [0.4, 0.5) is 18.9 Å². The third-order valence-electron chi connectivity index (χ3n) is 4.22. The van der Waals surface area contributed by atoms with Crippen molar-refractivity contribution in [3.8, 4) is 0 Å². The summed E-state index contributed by atoms with van der Waals surface area (Å²) in [5.74, 6) is -0.872. The van der Waals surface area contributed by atoms with Crippen LogP contribution in [0.5, 0.6) is 0 Å². The van der Waals surface area contributed by atoms with Crippen LogP contribution in [0, 0.1) is 0 Å². The number of carbonyl (C=O) groups excluding carboxylic acids is 1. The third kappa shape index (κ3) is 4.98. The molecule has 0 aliphatic carbocycles. The maximum absolute atomic E-state index is 13.0. The highest BCUT2D eigenvalue weighted by atomic mass is 35.5. The highest BCUT2D eigenvalue weighted by Crippen LogP contribution is 2.34. The molecule has 0 saturated carbocycles. The molecule has 2 aromatic carbocycles. The molecule has 30 heavy (non-hydrogen) atoms. The summed E-state index contributed by atoms with van der Waals surface area (Å²) >= 11 is 5.81. The maximum atomic E-state index is 13.0. The summed E-state index contributed by atoms with van der Waals surface area (Å²) < 4.78 is 41.1. The van der Waals surface area contributed by atoms with Crippen LogP contribution in [0.1, 0.15) is 11.1 Å². The molecule has 3 aromatic rings. The molecule has 0 unspecified atom stereocenters. The van der Waals surface area contributed by atoms with Crippen LogP contribution in [-0.2, 0) is 24.1 Å². The summed E-state index contributed by atoms with van der Waals surface area (Å²) in [5.41, 5.74) is -2.54. The van der Waals surface area contributed by atoms with Gasteiger partial charge >= 0.3 is 17.3 Å². The van der Waals surface area contributed by atoms with E-state index in [-0.39, 0.29) is 6.54 Å².